The summed E-state index contributed by atoms with van der Waals surface area (Å²) in [5.74, 6) is 0.382. The lowest BCUT2D eigenvalue weighted by Gasteiger charge is -2.32. The minimum absolute atomic E-state index is 0.0482. The van der Waals surface area contributed by atoms with Crippen LogP contribution in [0.1, 0.15) is 10.4 Å². The molecule has 1 aliphatic rings. The molecule has 1 saturated heterocycles. The van der Waals surface area contributed by atoms with Gasteiger partial charge in [0.2, 0.25) is 12.4 Å². The predicted molar refractivity (Wildman–Crippen MR) is 126 cm³/mol. The van der Waals surface area contributed by atoms with E-state index >= 15 is 0 Å². The number of aromatic nitrogens is 2. The second-order valence-corrected chi connectivity index (χ2v) is 8.82. The Morgan fingerprint density at radius 2 is 1.70 bits per heavy atom. The summed E-state index contributed by atoms with van der Waals surface area (Å²) in [7, 11) is 0.410. The summed E-state index contributed by atoms with van der Waals surface area (Å²) in [5, 5.41) is 3.16. The highest BCUT2D eigenvalue weighted by molar-refractivity contribution is 7.83. The molecule has 9 nitrogen and oxygen atoms in total. The second-order valence-electron chi connectivity index (χ2n) is 7.40. The van der Waals surface area contributed by atoms with Gasteiger partial charge in [0, 0.05) is 49.2 Å². The molecular weight excluding hydrogens is 440 g/mol. The van der Waals surface area contributed by atoms with Crippen LogP contribution in [0.15, 0.2) is 65.7 Å². The zero-order chi connectivity index (χ0) is 23.2. The molecular formula is C23H24N6O3S. The molecule has 2 N–H and O–H groups in total. The minimum Gasteiger partial charge on any atom is -0.342 e. The summed E-state index contributed by atoms with van der Waals surface area (Å²) in [4.78, 5) is 36.5. The van der Waals surface area contributed by atoms with Gasteiger partial charge in [-0.3, -0.25) is 9.59 Å². The molecule has 1 aliphatic heterocycles. The van der Waals surface area contributed by atoms with Crippen molar-refractivity contribution in [1.29, 1.82) is 0 Å². The number of nitrogens with zero attached hydrogens (tertiary/aromatic N) is 4. The fourth-order valence-electron chi connectivity index (χ4n) is 3.49. The lowest BCUT2D eigenvalue weighted by atomic mass is 10.1. The lowest BCUT2D eigenvalue weighted by Crippen LogP contribution is -2.48. The number of carbonyl (C=O) groups is 2. The number of anilines is 2. The van der Waals surface area contributed by atoms with E-state index in [9.17, 15) is 13.8 Å². The molecule has 1 aromatic heterocycles. The quantitative estimate of drug-likeness (QED) is 0.518. The van der Waals surface area contributed by atoms with Crippen LogP contribution in [0.5, 0.6) is 0 Å². The molecule has 0 aliphatic carbocycles. The summed E-state index contributed by atoms with van der Waals surface area (Å²) in [6.45, 7) is 2.17. The Morgan fingerprint density at radius 3 is 2.33 bits per heavy atom. The largest absolute Gasteiger partial charge is 0.342 e. The number of carbonyl (C=O) groups excluding carboxylic acids is 2. The number of nitrogens with one attached hydrogen (secondary N) is 2. The van der Waals surface area contributed by atoms with E-state index in [1.165, 1.54) is 0 Å². The first kappa shape index (κ1) is 22.6. The maximum atomic E-state index is 12.7. The highest BCUT2D eigenvalue weighted by Gasteiger charge is 2.21. The van der Waals surface area contributed by atoms with Crippen molar-refractivity contribution in [3.63, 3.8) is 0 Å². The number of benzene rings is 2. The molecule has 4 rings (SSSR count). The molecule has 2 aromatic carbocycles. The number of amides is 2. The predicted octanol–water partition coefficient (Wildman–Crippen LogP) is 2.04. The summed E-state index contributed by atoms with van der Waals surface area (Å²) in [6, 6.07) is 16.3. The van der Waals surface area contributed by atoms with E-state index < -0.39 is 11.0 Å². The maximum absolute atomic E-state index is 12.7. The second kappa shape index (κ2) is 10.3. The van der Waals surface area contributed by atoms with Gasteiger partial charge in [-0.15, -0.1) is 0 Å². The van der Waals surface area contributed by atoms with Crippen molar-refractivity contribution < 1.29 is 13.8 Å². The molecule has 0 radical (unpaired) electrons. The Bertz CT molecular complexity index is 1150. The Labute approximate surface area is 194 Å². The first-order chi connectivity index (χ1) is 16.1. The van der Waals surface area contributed by atoms with Crippen molar-refractivity contribution >= 4 is 34.9 Å². The third-order valence-electron chi connectivity index (χ3n) is 5.34. The molecule has 0 spiro atoms. The molecule has 3 aromatic rings. The van der Waals surface area contributed by atoms with Crippen molar-refractivity contribution in [2.75, 3.05) is 38.5 Å². The SMILES string of the molecule is CNS(=O)c1ccc(-c2ccnc(Nc3ccc(C(=O)N4CCN(C=O)CC4)cc3)n2)cc1. The fraction of sp³-hybridized carbons (Fsp3) is 0.217. The van der Waals surface area contributed by atoms with Crippen molar-refractivity contribution in [3.05, 3.63) is 66.4 Å². The zero-order valence-corrected chi connectivity index (χ0v) is 18.9. The molecule has 10 heteroatoms. The number of rotatable bonds is 7. The smallest absolute Gasteiger partial charge is 0.253 e. The minimum atomic E-state index is -1.23. The van der Waals surface area contributed by atoms with Crippen LogP contribution < -0.4 is 10.0 Å². The van der Waals surface area contributed by atoms with Crippen LogP contribution in [0, 0.1) is 0 Å². The van der Waals surface area contributed by atoms with Crippen LogP contribution in [0.3, 0.4) is 0 Å². The third kappa shape index (κ3) is 5.41. The van der Waals surface area contributed by atoms with Gasteiger partial charge in [0.15, 0.2) is 0 Å². The van der Waals surface area contributed by atoms with Crippen LogP contribution in [0.4, 0.5) is 11.6 Å². The Morgan fingerprint density at radius 1 is 1.00 bits per heavy atom. The Kier molecular flexibility index (Phi) is 7.06. The van der Waals surface area contributed by atoms with Crippen LogP contribution in [0.25, 0.3) is 11.3 Å². The molecule has 2 amide bonds. The van der Waals surface area contributed by atoms with Gasteiger partial charge < -0.3 is 15.1 Å². The van der Waals surface area contributed by atoms with E-state index in [0.29, 0.717) is 42.6 Å². The lowest BCUT2D eigenvalue weighted by molar-refractivity contribution is -0.119. The van der Waals surface area contributed by atoms with E-state index in [1.807, 2.05) is 24.3 Å². The van der Waals surface area contributed by atoms with Crippen LogP contribution in [-0.2, 0) is 15.8 Å². The summed E-state index contributed by atoms with van der Waals surface area (Å²) in [6.07, 6.45) is 2.49. The van der Waals surface area contributed by atoms with E-state index in [-0.39, 0.29) is 5.91 Å². The average Bonchev–Trinajstić information content (AvgIpc) is 2.88. The number of hydrogen-bond donors (Lipinski definition) is 2. The molecule has 0 bridgehead atoms. The van der Waals surface area contributed by atoms with E-state index in [1.54, 1.807) is 53.4 Å². The summed E-state index contributed by atoms with van der Waals surface area (Å²) in [5.41, 5.74) is 2.96. The van der Waals surface area contributed by atoms with Gasteiger partial charge in [0.1, 0.15) is 11.0 Å². The number of piperazine rings is 1. The summed E-state index contributed by atoms with van der Waals surface area (Å²) < 4.78 is 14.5. The van der Waals surface area contributed by atoms with Crippen LogP contribution >= 0.6 is 0 Å². The molecule has 33 heavy (non-hydrogen) atoms. The van der Waals surface area contributed by atoms with Gasteiger partial charge in [-0.2, -0.15) is 0 Å². The monoisotopic (exact) mass is 464 g/mol. The first-order valence-corrected chi connectivity index (χ1v) is 11.6. The highest BCUT2D eigenvalue weighted by Crippen LogP contribution is 2.21. The molecule has 1 unspecified atom stereocenters. The van der Waals surface area contributed by atoms with Crippen molar-refractivity contribution in [1.82, 2.24) is 24.5 Å². The normalized spacial score (nSPS) is 14.6. The van der Waals surface area contributed by atoms with E-state index in [2.05, 4.69) is 20.0 Å². The van der Waals surface area contributed by atoms with Gasteiger partial charge in [-0.1, -0.05) is 12.1 Å². The molecule has 0 saturated carbocycles. The first-order valence-electron chi connectivity index (χ1n) is 10.5. The summed E-state index contributed by atoms with van der Waals surface area (Å²) >= 11 is 0. The van der Waals surface area contributed by atoms with E-state index in [0.717, 1.165) is 23.4 Å². The van der Waals surface area contributed by atoms with Gasteiger partial charge in [0.25, 0.3) is 5.91 Å². The van der Waals surface area contributed by atoms with Crippen LogP contribution in [-0.4, -0.2) is 69.5 Å². The van der Waals surface area contributed by atoms with Crippen molar-refractivity contribution in [3.8, 4) is 11.3 Å². The Balaban J connectivity index is 1.42. The van der Waals surface area contributed by atoms with Gasteiger partial charge >= 0.3 is 0 Å². The molecule has 1 atom stereocenters. The topological polar surface area (TPSA) is 108 Å². The average molecular weight is 465 g/mol. The molecule has 170 valence electrons. The van der Waals surface area contributed by atoms with Gasteiger partial charge in [-0.05, 0) is 49.5 Å². The fourth-order valence-corrected chi connectivity index (χ4v) is 4.10. The molecule has 1 fully saturated rings. The zero-order valence-electron chi connectivity index (χ0n) is 18.1. The van der Waals surface area contributed by atoms with Gasteiger partial charge in [0.05, 0.1) is 10.6 Å². The standard InChI is InChI=1S/C23H24N6O3S/c1-24-33(32)20-8-4-17(5-9-20)21-10-11-25-23(27-21)26-19-6-2-18(3-7-19)22(31)29-14-12-28(16-30)13-15-29/h2-11,16,24H,12-15H2,1H3,(H,25,26,27). The van der Waals surface area contributed by atoms with E-state index in [4.69, 9.17) is 0 Å². The van der Waals surface area contributed by atoms with Crippen molar-refractivity contribution in [2.45, 2.75) is 4.90 Å². The van der Waals surface area contributed by atoms with Crippen LogP contribution in [0.2, 0.25) is 0 Å². The highest BCUT2D eigenvalue weighted by atomic mass is 32.2. The van der Waals surface area contributed by atoms with Crippen molar-refractivity contribution in [2.24, 2.45) is 0 Å². The number of hydrogen-bond acceptors (Lipinski definition) is 6. The maximum Gasteiger partial charge on any atom is 0.253 e. The molecule has 2 heterocycles. The third-order valence-corrected chi connectivity index (χ3v) is 6.41. The van der Waals surface area contributed by atoms with Gasteiger partial charge in [-0.25, -0.2) is 18.9 Å². The Hall–Kier alpha value is -3.63.